The number of hydrogen-bond donors (Lipinski definition) is 0. The number of carbonyl (C=O) groups is 2. The van der Waals surface area contributed by atoms with Crippen molar-refractivity contribution in [1.82, 2.24) is 24.8 Å². The van der Waals surface area contributed by atoms with E-state index in [-0.39, 0.29) is 29.8 Å². The minimum absolute atomic E-state index is 0.0572. The third kappa shape index (κ3) is 5.65. The number of likely N-dealkylation sites (tertiary alicyclic amines) is 2. The first-order valence-electron chi connectivity index (χ1n) is 13.6. The molecule has 0 unspecified atom stereocenters. The molecule has 3 aliphatic rings. The molecule has 37 heavy (non-hydrogen) atoms. The quantitative estimate of drug-likeness (QED) is 0.556. The normalized spacial score (nSPS) is 26.4. The predicted molar refractivity (Wildman–Crippen MR) is 144 cm³/mol. The van der Waals surface area contributed by atoms with Gasteiger partial charge in [0.15, 0.2) is 0 Å². The Balaban J connectivity index is 1.14. The maximum Gasteiger partial charge on any atom is 0.320 e. The number of benzene rings is 1. The molecule has 2 aromatic rings. The fourth-order valence-corrected chi connectivity index (χ4v) is 6.23. The summed E-state index contributed by atoms with van der Waals surface area (Å²) in [6.07, 6.45) is 6.98. The minimum atomic E-state index is -0.228. The van der Waals surface area contributed by atoms with Crippen LogP contribution in [0.15, 0.2) is 34.9 Å². The van der Waals surface area contributed by atoms with Crippen molar-refractivity contribution in [2.24, 2.45) is 5.92 Å². The fraction of sp³-hybridized carbons (Fsp3) is 0.607. The van der Waals surface area contributed by atoms with Gasteiger partial charge in [0.1, 0.15) is 5.69 Å². The Morgan fingerprint density at radius 1 is 0.946 bits per heavy atom. The van der Waals surface area contributed by atoms with E-state index in [1.54, 1.807) is 30.1 Å². The molecule has 200 valence electrons. The number of hydrogen-bond acceptors (Lipinski definition) is 5. The lowest BCUT2D eigenvalue weighted by Gasteiger charge is -2.34. The second-order valence-corrected chi connectivity index (χ2v) is 11.6. The van der Waals surface area contributed by atoms with Crippen LogP contribution in [-0.2, 0) is 0 Å². The number of aromatic nitrogens is 1. The van der Waals surface area contributed by atoms with Crippen molar-refractivity contribution in [2.75, 3.05) is 40.3 Å². The highest BCUT2D eigenvalue weighted by atomic mass is 35.5. The third-order valence-electron chi connectivity index (χ3n) is 8.71. The van der Waals surface area contributed by atoms with Gasteiger partial charge in [-0.25, -0.2) is 4.79 Å². The van der Waals surface area contributed by atoms with E-state index in [1.807, 2.05) is 29.0 Å². The molecule has 3 amide bonds. The van der Waals surface area contributed by atoms with Crippen LogP contribution in [0, 0.1) is 5.92 Å². The first-order chi connectivity index (χ1) is 17.8. The van der Waals surface area contributed by atoms with Gasteiger partial charge >= 0.3 is 6.03 Å². The highest BCUT2D eigenvalue weighted by molar-refractivity contribution is 6.30. The summed E-state index contributed by atoms with van der Waals surface area (Å²) in [5.74, 6) is 0.813. The van der Waals surface area contributed by atoms with Crippen LogP contribution in [0.25, 0.3) is 11.3 Å². The zero-order valence-electron chi connectivity index (χ0n) is 22.1. The summed E-state index contributed by atoms with van der Waals surface area (Å²) in [6, 6.07) is 9.84. The van der Waals surface area contributed by atoms with Crippen molar-refractivity contribution < 1.29 is 14.1 Å². The zero-order chi connectivity index (χ0) is 26.1. The number of rotatable bonds is 5. The first kappa shape index (κ1) is 26.0. The van der Waals surface area contributed by atoms with E-state index in [1.165, 1.54) is 25.7 Å². The van der Waals surface area contributed by atoms with Gasteiger partial charge in [-0.15, -0.1) is 0 Å². The molecule has 0 bridgehead atoms. The molecule has 8 nitrogen and oxygen atoms in total. The molecular weight excluding hydrogens is 490 g/mol. The van der Waals surface area contributed by atoms with Crippen LogP contribution in [-0.4, -0.2) is 95.1 Å². The van der Waals surface area contributed by atoms with Crippen molar-refractivity contribution in [3.05, 3.63) is 41.1 Å². The van der Waals surface area contributed by atoms with Crippen LogP contribution in [0.4, 0.5) is 4.79 Å². The molecule has 1 aliphatic carbocycles. The van der Waals surface area contributed by atoms with E-state index in [0.29, 0.717) is 29.8 Å². The van der Waals surface area contributed by atoms with Crippen molar-refractivity contribution in [3.8, 4) is 11.3 Å². The molecule has 9 heteroatoms. The topological polar surface area (TPSA) is 73.1 Å². The summed E-state index contributed by atoms with van der Waals surface area (Å²) in [5.41, 5.74) is 1.42. The van der Waals surface area contributed by atoms with Crippen LogP contribution in [0.5, 0.6) is 0 Å². The standard InChI is InChI=1S/C28H38ClN5O3/c1-19-4-10-22(11-5-19)33-14-12-24(17-33)32(3)28(36)34-15-13-23(18-34)31(2)27(35)26-16-25(30-37-26)20-6-8-21(29)9-7-20/h6-9,16,19,22-24H,4-5,10-15,17-18H2,1-3H3/t19?,22?,23-,24+/m0/s1. The molecule has 0 N–H and O–H groups in total. The van der Waals surface area contributed by atoms with Crippen LogP contribution in [0.3, 0.4) is 0 Å². The Morgan fingerprint density at radius 3 is 2.35 bits per heavy atom. The van der Waals surface area contributed by atoms with E-state index in [2.05, 4.69) is 17.0 Å². The molecule has 2 saturated heterocycles. The second-order valence-electron chi connectivity index (χ2n) is 11.1. The average Bonchev–Trinajstić information content (AvgIpc) is 3.69. The number of halogens is 1. The Kier molecular flexibility index (Phi) is 7.77. The molecule has 1 aromatic carbocycles. The predicted octanol–water partition coefficient (Wildman–Crippen LogP) is 4.85. The maximum absolute atomic E-state index is 13.3. The number of amides is 3. The SMILES string of the molecule is CC1CCC(N2CC[C@@H](N(C)C(=O)N3CC[C@H](N(C)C(=O)c4cc(-c5ccc(Cl)cc5)no4)C3)C2)CC1. The minimum Gasteiger partial charge on any atom is -0.350 e. The highest BCUT2D eigenvalue weighted by Gasteiger charge is 2.38. The first-order valence-corrected chi connectivity index (χ1v) is 13.9. The molecule has 3 heterocycles. The lowest BCUT2D eigenvalue weighted by atomic mass is 9.87. The third-order valence-corrected chi connectivity index (χ3v) is 8.96. The van der Waals surface area contributed by atoms with Crippen molar-refractivity contribution in [1.29, 1.82) is 0 Å². The lowest BCUT2D eigenvalue weighted by Crippen LogP contribution is -2.48. The summed E-state index contributed by atoms with van der Waals surface area (Å²) < 4.78 is 5.37. The maximum atomic E-state index is 13.3. The lowest BCUT2D eigenvalue weighted by molar-refractivity contribution is 0.0692. The summed E-state index contributed by atoms with van der Waals surface area (Å²) in [7, 11) is 3.71. The fourth-order valence-electron chi connectivity index (χ4n) is 6.11. The van der Waals surface area contributed by atoms with Crippen molar-refractivity contribution in [3.63, 3.8) is 0 Å². The largest absolute Gasteiger partial charge is 0.350 e. The van der Waals surface area contributed by atoms with E-state index < -0.39 is 0 Å². The number of carbonyl (C=O) groups excluding carboxylic acids is 2. The second kappa shape index (κ2) is 11.0. The van der Waals surface area contributed by atoms with E-state index in [9.17, 15) is 9.59 Å². The van der Waals surface area contributed by atoms with Gasteiger partial charge in [-0.3, -0.25) is 9.69 Å². The molecule has 5 rings (SSSR count). The van der Waals surface area contributed by atoms with Gasteiger partial charge in [0.2, 0.25) is 5.76 Å². The van der Waals surface area contributed by atoms with Gasteiger partial charge in [0.25, 0.3) is 5.91 Å². The van der Waals surface area contributed by atoms with E-state index in [0.717, 1.165) is 37.4 Å². The van der Waals surface area contributed by atoms with Crippen LogP contribution in [0.2, 0.25) is 5.02 Å². The monoisotopic (exact) mass is 527 g/mol. The smallest absolute Gasteiger partial charge is 0.320 e. The number of urea groups is 1. The Hall–Kier alpha value is -2.58. The van der Waals surface area contributed by atoms with Gasteiger partial charge in [0, 0.05) is 69.0 Å². The number of nitrogens with zero attached hydrogens (tertiary/aromatic N) is 5. The summed E-state index contributed by atoms with van der Waals surface area (Å²) in [6.45, 7) is 5.58. The Labute approximate surface area is 224 Å². The molecule has 1 aromatic heterocycles. The Morgan fingerprint density at radius 2 is 1.62 bits per heavy atom. The van der Waals surface area contributed by atoms with Crippen LogP contribution >= 0.6 is 11.6 Å². The zero-order valence-corrected chi connectivity index (χ0v) is 22.9. The van der Waals surface area contributed by atoms with Gasteiger partial charge in [-0.05, 0) is 56.6 Å². The molecular formula is C28H38ClN5O3. The van der Waals surface area contributed by atoms with Crippen molar-refractivity contribution >= 4 is 23.5 Å². The van der Waals surface area contributed by atoms with Crippen LogP contribution < -0.4 is 0 Å². The molecule has 0 radical (unpaired) electrons. The van der Waals surface area contributed by atoms with E-state index in [4.69, 9.17) is 16.1 Å². The molecule has 0 spiro atoms. The van der Waals surface area contributed by atoms with Gasteiger partial charge in [-0.2, -0.15) is 0 Å². The van der Waals surface area contributed by atoms with E-state index >= 15 is 0 Å². The van der Waals surface area contributed by atoms with Gasteiger partial charge in [0.05, 0.1) is 6.04 Å². The number of likely N-dealkylation sites (N-methyl/N-ethyl adjacent to an activating group) is 2. The summed E-state index contributed by atoms with van der Waals surface area (Å²) in [4.78, 5) is 34.6. The van der Waals surface area contributed by atoms with Crippen LogP contribution in [0.1, 0.15) is 56.0 Å². The van der Waals surface area contributed by atoms with Gasteiger partial charge in [-0.1, -0.05) is 35.8 Å². The van der Waals surface area contributed by atoms with Crippen molar-refractivity contribution in [2.45, 2.75) is 63.6 Å². The molecule has 2 atom stereocenters. The Bertz CT molecular complexity index is 1100. The average molecular weight is 528 g/mol. The highest BCUT2D eigenvalue weighted by Crippen LogP contribution is 2.30. The summed E-state index contributed by atoms with van der Waals surface area (Å²) in [5, 5.41) is 4.70. The summed E-state index contributed by atoms with van der Waals surface area (Å²) >= 11 is 5.96. The molecule has 3 fully saturated rings. The molecule has 1 saturated carbocycles. The molecule has 2 aliphatic heterocycles. The van der Waals surface area contributed by atoms with Gasteiger partial charge < -0.3 is 19.2 Å².